The standard InChI is InChI=1S/C34H31Cl2N3O4S/c1-3-31(34(42)37-23-16-18-25(19-17-23)43-4-2)44-26-13-8-12-24(20-26)38-33(41)30(21-27-28(35)14-9-15-29(27)36)39-32(40)22-10-6-5-7-11-22/h5-21,31H,3-4H2,1-2H3,(H,37,42)(H,38,41)(H,39,40)/b30-21+. The van der Waals surface area contributed by atoms with Gasteiger partial charge in [0.2, 0.25) is 5.91 Å². The largest absolute Gasteiger partial charge is 0.494 e. The number of ether oxygens (including phenoxy) is 1. The lowest BCUT2D eigenvalue weighted by Crippen LogP contribution is -2.30. The minimum atomic E-state index is -0.576. The fraction of sp³-hybridized carbons (Fsp3) is 0.147. The minimum absolute atomic E-state index is 0.0481. The van der Waals surface area contributed by atoms with Crippen molar-refractivity contribution in [3.05, 3.63) is 124 Å². The van der Waals surface area contributed by atoms with E-state index in [1.807, 2.05) is 32.0 Å². The Hall–Kier alpha value is -4.24. The first-order chi connectivity index (χ1) is 21.3. The Bertz CT molecular complexity index is 1630. The van der Waals surface area contributed by atoms with E-state index in [4.69, 9.17) is 27.9 Å². The molecule has 0 fully saturated rings. The predicted octanol–water partition coefficient (Wildman–Crippen LogP) is 8.31. The Morgan fingerprint density at radius 1 is 0.818 bits per heavy atom. The highest BCUT2D eigenvalue weighted by molar-refractivity contribution is 8.00. The molecule has 44 heavy (non-hydrogen) atoms. The lowest BCUT2D eigenvalue weighted by molar-refractivity contribution is -0.116. The third-order valence-electron chi connectivity index (χ3n) is 6.28. The average molecular weight is 649 g/mol. The summed E-state index contributed by atoms with van der Waals surface area (Å²) in [5.41, 5.74) is 1.88. The van der Waals surface area contributed by atoms with Crippen molar-refractivity contribution in [2.24, 2.45) is 0 Å². The first kappa shape index (κ1) is 32.7. The molecule has 4 aromatic carbocycles. The molecule has 10 heteroatoms. The van der Waals surface area contributed by atoms with Gasteiger partial charge in [0.25, 0.3) is 11.8 Å². The molecule has 4 aromatic rings. The van der Waals surface area contributed by atoms with Crippen LogP contribution in [-0.4, -0.2) is 29.6 Å². The van der Waals surface area contributed by atoms with Crippen molar-refractivity contribution in [2.75, 3.05) is 17.2 Å². The number of hydrogen-bond acceptors (Lipinski definition) is 5. The normalized spacial score (nSPS) is 11.8. The van der Waals surface area contributed by atoms with Crippen molar-refractivity contribution >= 4 is 70.1 Å². The summed E-state index contributed by atoms with van der Waals surface area (Å²) in [4.78, 5) is 40.3. The first-order valence-corrected chi connectivity index (χ1v) is 15.5. The maximum absolute atomic E-state index is 13.5. The molecule has 226 valence electrons. The fourth-order valence-electron chi connectivity index (χ4n) is 4.09. The molecule has 0 bridgehead atoms. The lowest BCUT2D eigenvalue weighted by Gasteiger charge is -2.16. The van der Waals surface area contributed by atoms with Gasteiger partial charge in [-0.3, -0.25) is 14.4 Å². The second kappa shape index (κ2) is 16.0. The molecule has 0 spiro atoms. The highest BCUT2D eigenvalue weighted by Gasteiger charge is 2.20. The molecule has 0 aliphatic rings. The Morgan fingerprint density at radius 3 is 2.16 bits per heavy atom. The van der Waals surface area contributed by atoms with Crippen molar-refractivity contribution in [1.82, 2.24) is 5.32 Å². The van der Waals surface area contributed by atoms with Gasteiger partial charge in [0.15, 0.2) is 0 Å². The number of rotatable bonds is 12. The van der Waals surface area contributed by atoms with Crippen LogP contribution in [0, 0.1) is 0 Å². The summed E-state index contributed by atoms with van der Waals surface area (Å²) in [7, 11) is 0. The highest BCUT2D eigenvalue weighted by atomic mass is 35.5. The number of hydrogen-bond donors (Lipinski definition) is 3. The maximum atomic E-state index is 13.5. The van der Waals surface area contributed by atoms with Gasteiger partial charge >= 0.3 is 0 Å². The molecular formula is C34H31Cl2N3O4S. The maximum Gasteiger partial charge on any atom is 0.272 e. The summed E-state index contributed by atoms with van der Waals surface area (Å²) in [5, 5.41) is 8.75. The van der Waals surface area contributed by atoms with Crippen LogP contribution in [0.3, 0.4) is 0 Å². The second-order valence-corrected chi connectivity index (χ2v) is 11.5. The summed E-state index contributed by atoms with van der Waals surface area (Å²) in [6.45, 7) is 4.41. The van der Waals surface area contributed by atoms with E-state index in [-0.39, 0.29) is 16.9 Å². The van der Waals surface area contributed by atoms with E-state index in [9.17, 15) is 14.4 Å². The van der Waals surface area contributed by atoms with Crippen LogP contribution in [0.5, 0.6) is 5.75 Å². The number of nitrogens with one attached hydrogen (secondary N) is 3. The number of thioether (sulfide) groups is 1. The summed E-state index contributed by atoms with van der Waals surface area (Å²) in [6, 6.07) is 27.9. The molecule has 0 aromatic heterocycles. The number of anilines is 2. The molecule has 4 rings (SSSR count). The molecule has 1 atom stereocenters. The van der Waals surface area contributed by atoms with E-state index < -0.39 is 11.8 Å². The predicted molar refractivity (Wildman–Crippen MR) is 180 cm³/mol. The quantitative estimate of drug-likeness (QED) is 0.106. The van der Waals surface area contributed by atoms with E-state index in [1.54, 1.807) is 78.9 Å². The fourth-order valence-corrected chi connectivity index (χ4v) is 5.61. The van der Waals surface area contributed by atoms with E-state index >= 15 is 0 Å². The SMILES string of the molecule is CCOc1ccc(NC(=O)C(CC)Sc2cccc(NC(=O)/C(=C\c3c(Cl)cccc3Cl)NC(=O)c3ccccc3)c2)cc1. The Labute approximate surface area is 271 Å². The van der Waals surface area contributed by atoms with Crippen LogP contribution in [0.4, 0.5) is 11.4 Å². The van der Waals surface area contributed by atoms with Gasteiger partial charge in [0, 0.05) is 37.4 Å². The number of carbonyl (C=O) groups excluding carboxylic acids is 3. The topological polar surface area (TPSA) is 96.5 Å². The van der Waals surface area contributed by atoms with Crippen molar-refractivity contribution in [1.29, 1.82) is 0 Å². The number of amides is 3. The molecule has 1 unspecified atom stereocenters. The lowest BCUT2D eigenvalue weighted by atomic mass is 10.1. The molecule has 0 saturated carbocycles. The summed E-state index contributed by atoms with van der Waals surface area (Å²) >= 11 is 14.1. The molecule has 0 saturated heterocycles. The van der Waals surface area contributed by atoms with Crippen molar-refractivity contribution in [3.63, 3.8) is 0 Å². The van der Waals surface area contributed by atoms with Crippen molar-refractivity contribution < 1.29 is 19.1 Å². The van der Waals surface area contributed by atoms with Gasteiger partial charge < -0.3 is 20.7 Å². The smallest absolute Gasteiger partial charge is 0.272 e. The van der Waals surface area contributed by atoms with Crippen LogP contribution in [0.1, 0.15) is 36.2 Å². The molecule has 7 nitrogen and oxygen atoms in total. The minimum Gasteiger partial charge on any atom is -0.494 e. The third-order valence-corrected chi connectivity index (χ3v) is 8.30. The van der Waals surface area contributed by atoms with Crippen LogP contribution in [-0.2, 0) is 9.59 Å². The van der Waals surface area contributed by atoms with E-state index in [2.05, 4.69) is 16.0 Å². The van der Waals surface area contributed by atoms with Gasteiger partial charge in [-0.2, -0.15) is 0 Å². The number of halogens is 2. The zero-order valence-corrected chi connectivity index (χ0v) is 26.4. The molecule has 0 heterocycles. The molecule has 0 aliphatic heterocycles. The zero-order valence-electron chi connectivity index (χ0n) is 24.1. The summed E-state index contributed by atoms with van der Waals surface area (Å²) in [5.74, 6) is -0.448. The van der Waals surface area contributed by atoms with Crippen LogP contribution in [0.25, 0.3) is 6.08 Å². The third kappa shape index (κ3) is 9.13. The highest BCUT2D eigenvalue weighted by Crippen LogP contribution is 2.30. The van der Waals surface area contributed by atoms with Gasteiger partial charge in [-0.15, -0.1) is 11.8 Å². The van der Waals surface area contributed by atoms with Gasteiger partial charge in [0.05, 0.1) is 11.9 Å². The van der Waals surface area contributed by atoms with Gasteiger partial charge in [-0.05, 0) is 86.2 Å². The van der Waals surface area contributed by atoms with Crippen LogP contribution < -0.4 is 20.7 Å². The molecule has 3 N–H and O–H groups in total. The molecule has 0 aliphatic carbocycles. The number of benzene rings is 4. The van der Waals surface area contributed by atoms with Crippen LogP contribution in [0.2, 0.25) is 10.0 Å². The Kier molecular flexibility index (Phi) is 11.9. The van der Waals surface area contributed by atoms with Gasteiger partial charge in [0.1, 0.15) is 11.4 Å². The summed E-state index contributed by atoms with van der Waals surface area (Å²) < 4.78 is 5.46. The van der Waals surface area contributed by atoms with E-state index in [1.165, 1.54) is 17.8 Å². The molecule has 3 amide bonds. The van der Waals surface area contributed by atoms with Gasteiger partial charge in [-0.1, -0.05) is 60.5 Å². The monoisotopic (exact) mass is 647 g/mol. The molecular weight excluding hydrogens is 617 g/mol. The second-order valence-electron chi connectivity index (χ2n) is 9.46. The zero-order chi connectivity index (χ0) is 31.5. The first-order valence-electron chi connectivity index (χ1n) is 13.9. The summed E-state index contributed by atoms with van der Waals surface area (Å²) in [6.07, 6.45) is 2.03. The van der Waals surface area contributed by atoms with Crippen molar-refractivity contribution in [3.8, 4) is 5.75 Å². The Balaban J connectivity index is 1.50. The van der Waals surface area contributed by atoms with E-state index in [0.717, 1.165) is 10.6 Å². The van der Waals surface area contributed by atoms with E-state index in [0.29, 0.717) is 45.6 Å². The Morgan fingerprint density at radius 2 is 1.50 bits per heavy atom. The molecule has 0 radical (unpaired) electrons. The average Bonchev–Trinajstić information content (AvgIpc) is 3.02. The van der Waals surface area contributed by atoms with Gasteiger partial charge in [-0.25, -0.2) is 0 Å². The number of carbonyl (C=O) groups is 3. The van der Waals surface area contributed by atoms with Crippen LogP contribution in [0.15, 0.2) is 108 Å². The van der Waals surface area contributed by atoms with Crippen LogP contribution >= 0.6 is 35.0 Å². The van der Waals surface area contributed by atoms with Crippen molar-refractivity contribution in [2.45, 2.75) is 30.4 Å².